The van der Waals surface area contributed by atoms with E-state index in [0.29, 0.717) is 0 Å². The van der Waals surface area contributed by atoms with E-state index in [1.807, 2.05) is 5.92 Å². The van der Waals surface area contributed by atoms with Crippen molar-refractivity contribution in [2.45, 2.75) is 12.2 Å². The summed E-state index contributed by atoms with van der Waals surface area (Å²) in [4.78, 5) is 0. The van der Waals surface area contributed by atoms with Crippen molar-refractivity contribution in [1.29, 1.82) is 0 Å². The highest BCUT2D eigenvalue weighted by atomic mass is 35.5. The predicted octanol–water partition coefficient (Wildman–Crippen LogP) is 2.29. The first-order valence-electron chi connectivity index (χ1n) is 3.92. The normalized spacial score (nSPS) is 11.2. The van der Waals surface area contributed by atoms with Crippen LogP contribution in [0.3, 0.4) is 0 Å². The zero-order chi connectivity index (χ0) is 11.6. The number of halogens is 3. The molecule has 0 spiro atoms. The van der Waals surface area contributed by atoms with E-state index in [4.69, 9.17) is 29.6 Å². The van der Waals surface area contributed by atoms with Crippen LogP contribution in [0.5, 0.6) is 0 Å². The maximum atomic E-state index is 13.1. The molecule has 0 atom stereocenters. The van der Waals surface area contributed by atoms with E-state index in [1.54, 1.807) is 0 Å². The van der Waals surface area contributed by atoms with Gasteiger partial charge in [-0.15, -0.1) is 12.3 Å². The summed E-state index contributed by atoms with van der Waals surface area (Å²) in [5.74, 6) is -1.18. The van der Waals surface area contributed by atoms with Crippen molar-refractivity contribution >= 4 is 23.2 Å². The van der Waals surface area contributed by atoms with Gasteiger partial charge in [-0.25, -0.2) is 4.39 Å². The van der Waals surface area contributed by atoms with Crippen LogP contribution in [0, 0.1) is 18.2 Å². The standard InChI is InChI=1S/C10H7Cl2FO2/c1-2-5-10(14,15)8-6(11)3-4-7(13)9(8)12/h1,3-4,14-15H,5H2. The van der Waals surface area contributed by atoms with Gasteiger partial charge in [0.2, 0.25) is 5.79 Å². The minimum Gasteiger partial charge on any atom is -0.361 e. The Morgan fingerprint density at radius 2 is 2.00 bits per heavy atom. The van der Waals surface area contributed by atoms with E-state index in [-0.39, 0.29) is 10.6 Å². The van der Waals surface area contributed by atoms with Gasteiger partial charge in [0.05, 0.1) is 22.0 Å². The van der Waals surface area contributed by atoms with Crippen LogP contribution in [0.25, 0.3) is 0 Å². The van der Waals surface area contributed by atoms with Gasteiger partial charge in [0.1, 0.15) is 5.82 Å². The molecule has 0 bridgehead atoms. The highest BCUT2D eigenvalue weighted by Crippen LogP contribution is 2.36. The van der Waals surface area contributed by atoms with Gasteiger partial charge in [-0.2, -0.15) is 0 Å². The van der Waals surface area contributed by atoms with Crippen molar-refractivity contribution in [3.05, 3.63) is 33.6 Å². The maximum Gasteiger partial charge on any atom is 0.204 e. The van der Waals surface area contributed by atoms with Crippen molar-refractivity contribution in [1.82, 2.24) is 0 Å². The Kier molecular flexibility index (Phi) is 3.58. The Balaban J connectivity index is 3.37. The second-order valence-corrected chi connectivity index (χ2v) is 3.70. The maximum absolute atomic E-state index is 13.1. The molecule has 0 aliphatic heterocycles. The summed E-state index contributed by atoms with van der Waals surface area (Å²) >= 11 is 11.3. The molecule has 0 heterocycles. The van der Waals surface area contributed by atoms with Gasteiger partial charge in [0.15, 0.2) is 0 Å². The van der Waals surface area contributed by atoms with Crippen molar-refractivity contribution in [3.8, 4) is 12.3 Å². The second kappa shape index (κ2) is 4.38. The minimum absolute atomic E-state index is 0.0540. The van der Waals surface area contributed by atoms with Crippen LogP contribution in [0.1, 0.15) is 12.0 Å². The van der Waals surface area contributed by atoms with Crippen LogP contribution in [0.2, 0.25) is 10.0 Å². The van der Waals surface area contributed by atoms with Gasteiger partial charge in [-0.1, -0.05) is 23.2 Å². The molecule has 0 aromatic heterocycles. The van der Waals surface area contributed by atoms with Gasteiger partial charge < -0.3 is 10.2 Å². The lowest BCUT2D eigenvalue weighted by Crippen LogP contribution is -2.25. The average molecular weight is 249 g/mol. The van der Waals surface area contributed by atoms with Gasteiger partial charge >= 0.3 is 0 Å². The summed E-state index contributed by atoms with van der Waals surface area (Å²) in [6.45, 7) is 0. The van der Waals surface area contributed by atoms with Crippen molar-refractivity contribution in [2.24, 2.45) is 0 Å². The fourth-order valence-corrected chi connectivity index (χ4v) is 1.80. The molecule has 1 rings (SSSR count). The zero-order valence-corrected chi connectivity index (χ0v) is 8.98. The fraction of sp³-hybridized carbons (Fsp3) is 0.200. The highest BCUT2D eigenvalue weighted by Gasteiger charge is 2.31. The number of hydrogen-bond donors (Lipinski definition) is 2. The molecule has 0 aliphatic carbocycles. The molecular formula is C10H7Cl2FO2. The Morgan fingerprint density at radius 1 is 1.40 bits per heavy atom. The van der Waals surface area contributed by atoms with Crippen molar-refractivity contribution in [2.75, 3.05) is 0 Å². The SMILES string of the molecule is C#CCC(O)(O)c1c(Cl)ccc(F)c1Cl. The monoisotopic (exact) mass is 248 g/mol. The molecule has 0 aliphatic rings. The summed E-state index contributed by atoms with van der Waals surface area (Å²) in [6, 6.07) is 2.20. The summed E-state index contributed by atoms with van der Waals surface area (Å²) in [5, 5.41) is 18.6. The quantitative estimate of drug-likeness (QED) is 0.479. The van der Waals surface area contributed by atoms with Gasteiger partial charge in [-0.3, -0.25) is 0 Å². The Bertz CT molecular complexity index is 424. The zero-order valence-electron chi connectivity index (χ0n) is 7.47. The van der Waals surface area contributed by atoms with Gasteiger partial charge in [-0.05, 0) is 12.1 Å². The van der Waals surface area contributed by atoms with Crippen LogP contribution in [-0.2, 0) is 5.79 Å². The number of aliphatic hydroxyl groups is 2. The first kappa shape index (κ1) is 12.3. The fourth-order valence-electron chi connectivity index (χ4n) is 1.12. The number of hydrogen-bond acceptors (Lipinski definition) is 2. The molecule has 2 nitrogen and oxygen atoms in total. The average Bonchev–Trinajstić information content (AvgIpc) is 2.11. The summed E-state index contributed by atoms with van der Waals surface area (Å²) < 4.78 is 13.1. The summed E-state index contributed by atoms with van der Waals surface area (Å²) in [7, 11) is 0. The Labute approximate surface area is 96.3 Å². The van der Waals surface area contributed by atoms with Crippen LogP contribution in [0.4, 0.5) is 4.39 Å². The largest absolute Gasteiger partial charge is 0.361 e. The third-order valence-electron chi connectivity index (χ3n) is 1.79. The molecule has 15 heavy (non-hydrogen) atoms. The molecule has 2 N–H and O–H groups in total. The topological polar surface area (TPSA) is 40.5 Å². The number of rotatable bonds is 2. The lowest BCUT2D eigenvalue weighted by atomic mass is 10.0. The summed E-state index contributed by atoms with van der Waals surface area (Å²) in [5.41, 5.74) is -0.316. The number of terminal acetylenes is 1. The molecule has 0 saturated heterocycles. The van der Waals surface area contributed by atoms with E-state index < -0.39 is 23.0 Å². The molecule has 0 fully saturated rings. The third kappa shape index (κ3) is 2.42. The van der Waals surface area contributed by atoms with E-state index in [2.05, 4.69) is 0 Å². The highest BCUT2D eigenvalue weighted by molar-refractivity contribution is 6.36. The third-order valence-corrected chi connectivity index (χ3v) is 2.48. The minimum atomic E-state index is -2.43. The van der Waals surface area contributed by atoms with Crippen molar-refractivity contribution in [3.63, 3.8) is 0 Å². The van der Waals surface area contributed by atoms with E-state index >= 15 is 0 Å². The molecule has 0 radical (unpaired) electrons. The molecule has 1 aromatic rings. The van der Waals surface area contributed by atoms with Gasteiger partial charge in [0, 0.05) is 0 Å². The summed E-state index contributed by atoms with van der Waals surface area (Å²) in [6.07, 6.45) is 4.51. The predicted molar refractivity (Wildman–Crippen MR) is 56.0 cm³/mol. The Hall–Kier alpha value is -0.790. The second-order valence-electron chi connectivity index (χ2n) is 2.92. The number of benzene rings is 1. The van der Waals surface area contributed by atoms with E-state index in [9.17, 15) is 14.6 Å². The van der Waals surface area contributed by atoms with Crippen molar-refractivity contribution < 1.29 is 14.6 Å². The lowest BCUT2D eigenvalue weighted by Gasteiger charge is -2.22. The van der Waals surface area contributed by atoms with Crippen LogP contribution >= 0.6 is 23.2 Å². The van der Waals surface area contributed by atoms with Crippen LogP contribution < -0.4 is 0 Å². The molecule has 5 heteroatoms. The first-order valence-corrected chi connectivity index (χ1v) is 4.68. The van der Waals surface area contributed by atoms with E-state index in [1.165, 1.54) is 6.07 Å². The molecule has 0 unspecified atom stereocenters. The molecule has 80 valence electrons. The molecule has 1 aromatic carbocycles. The Morgan fingerprint density at radius 3 is 2.53 bits per heavy atom. The lowest BCUT2D eigenvalue weighted by molar-refractivity contribution is -0.164. The molecule has 0 saturated carbocycles. The molecule has 0 amide bonds. The molecular weight excluding hydrogens is 242 g/mol. The van der Waals surface area contributed by atoms with Crippen LogP contribution in [0.15, 0.2) is 12.1 Å². The van der Waals surface area contributed by atoms with Crippen LogP contribution in [-0.4, -0.2) is 10.2 Å². The van der Waals surface area contributed by atoms with Gasteiger partial charge in [0.25, 0.3) is 0 Å². The van der Waals surface area contributed by atoms with E-state index in [0.717, 1.165) is 6.07 Å². The first-order chi connectivity index (χ1) is 6.90. The smallest absolute Gasteiger partial charge is 0.204 e.